The summed E-state index contributed by atoms with van der Waals surface area (Å²) in [6.07, 6.45) is 1.51. The van der Waals surface area contributed by atoms with Gasteiger partial charge in [0.15, 0.2) is 5.13 Å². The van der Waals surface area contributed by atoms with Crippen LogP contribution >= 0.6 is 22.9 Å². The maximum atomic E-state index is 14.4. The second-order valence-corrected chi connectivity index (χ2v) is 11.1. The number of amides is 1. The second-order valence-electron chi connectivity index (χ2n) is 8.15. The van der Waals surface area contributed by atoms with Crippen LogP contribution < -0.4 is 9.62 Å². The zero-order chi connectivity index (χ0) is 26.7. The van der Waals surface area contributed by atoms with Crippen molar-refractivity contribution in [1.82, 2.24) is 9.88 Å². The first kappa shape index (κ1) is 26.6. The minimum Gasteiger partial charge on any atom is -0.512 e. The Hall–Kier alpha value is -3.48. The van der Waals surface area contributed by atoms with Gasteiger partial charge >= 0.3 is 0 Å². The van der Waals surface area contributed by atoms with Gasteiger partial charge in [0.1, 0.15) is 17.1 Å². The van der Waals surface area contributed by atoms with Crippen LogP contribution in [0.4, 0.5) is 15.2 Å². The van der Waals surface area contributed by atoms with Gasteiger partial charge in [-0.2, -0.15) is 0 Å². The van der Waals surface area contributed by atoms with Gasteiger partial charge in [0.2, 0.25) is 0 Å². The molecule has 9 nitrogen and oxygen atoms in total. The highest BCUT2D eigenvalue weighted by Gasteiger charge is 2.30. The number of thiazole rings is 1. The van der Waals surface area contributed by atoms with E-state index < -0.39 is 33.2 Å². The number of sulfonamides is 1. The standard InChI is InChI=1S/C24H23ClFN5O4S2/c1-15(32)20(22(27)21-18(25)3-2-4-19(21)26)23(33)31-12-10-30(11-13-31)16-5-7-17(8-6-16)37(34,35)29-24-28-9-14-36-24/h2-9,14,27,32H,10-13H2,1H3,(H,28,29)/b20-15+,27-22?. The molecule has 37 heavy (non-hydrogen) atoms. The van der Waals surface area contributed by atoms with Crippen LogP contribution in [-0.4, -0.2) is 61.2 Å². The summed E-state index contributed by atoms with van der Waals surface area (Å²) in [5.41, 5.74) is -0.277. The number of allylic oxidation sites excluding steroid dienone is 1. The molecular weight excluding hydrogens is 541 g/mol. The first-order valence-corrected chi connectivity index (χ1v) is 13.8. The van der Waals surface area contributed by atoms with E-state index in [-0.39, 0.29) is 39.3 Å². The average Bonchev–Trinajstić information content (AvgIpc) is 3.36. The molecule has 1 fully saturated rings. The molecule has 1 aliphatic heterocycles. The lowest BCUT2D eigenvalue weighted by Crippen LogP contribution is -2.50. The number of halogens is 2. The molecule has 0 aliphatic carbocycles. The van der Waals surface area contributed by atoms with Crippen LogP contribution in [0.5, 0.6) is 0 Å². The Kier molecular flexibility index (Phi) is 7.81. The summed E-state index contributed by atoms with van der Waals surface area (Å²) in [6.45, 7) is 2.69. The normalized spacial score (nSPS) is 14.8. The summed E-state index contributed by atoms with van der Waals surface area (Å²) in [4.78, 5) is 20.7. The van der Waals surface area contributed by atoms with Gasteiger partial charge in [0, 0.05) is 43.4 Å². The van der Waals surface area contributed by atoms with Crippen molar-refractivity contribution < 1.29 is 22.7 Å². The van der Waals surface area contributed by atoms with Crippen molar-refractivity contribution in [3.63, 3.8) is 0 Å². The molecule has 0 atom stereocenters. The Balaban J connectivity index is 1.43. The van der Waals surface area contributed by atoms with Crippen molar-refractivity contribution in [2.45, 2.75) is 11.8 Å². The van der Waals surface area contributed by atoms with E-state index in [0.29, 0.717) is 13.1 Å². The lowest BCUT2D eigenvalue weighted by atomic mass is 9.99. The Bertz CT molecular complexity index is 1430. The summed E-state index contributed by atoms with van der Waals surface area (Å²) in [5, 5.41) is 20.5. The van der Waals surface area contributed by atoms with Crippen molar-refractivity contribution >= 4 is 55.4 Å². The molecule has 1 amide bonds. The Labute approximate surface area is 222 Å². The lowest BCUT2D eigenvalue weighted by Gasteiger charge is -2.36. The number of carbonyl (C=O) groups is 1. The summed E-state index contributed by atoms with van der Waals surface area (Å²) >= 11 is 7.24. The average molecular weight is 564 g/mol. The van der Waals surface area contributed by atoms with E-state index in [2.05, 4.69) is 9.71 Å². The molecule has 194 valence electrons. The van der Waals surface area contributed by atoms with Crippen LogP contribution in [0.25, 0.3) is 0 Å². The van der Waals surface area contributed by atoms with Crippen molar-refractivity contribution in [2.75, 3.05) is 35.8 Å². The number of rotatable bonds is 7. The van der Waals surface area contributed by atoms with E-state index in [1.165, 1.54) is 53.6 Å². The molecule has 4 rings (SSSR count). The quantitative estimate of drug-likeness (QED) is 0.224. The number of carbonyl (C=O) groups excluding carboxylic acids is 1. The molecule has 3 N–H and O–H groups in total. The van der Waals surface area contributed by atoms with Crippen molar-refractivity contribution in [3.8, 4) is 0 Å². The van der Waals surface area contributed by atoms with Gasteiger partial charge in [-0.1, -0.05) is 17.7 Å². The number of hydrogen-bond acceptors (Lipinski definition) is 8. The molecular formula is C24H23ClFN5O4S2. The Morgan fingerprint density at radius 2 is 1.84 bits per heavy atom. The van der Waals surface area contributed by atoms with Gasteiger partial charge in [0.25, 0.3) is 15.9 Å². The Morgan fingerprint density at radius 1 is 1.16 bits per heavy atom. The first-order valence-electron chi connectivity index (χ1n) is 11.1. The van der Waals surface area contributed by atoms with E-state index in [9.17, 15) is 22.7 Å². The van der Waals surface area contributed by atoms with Gasteiger partial charge < -0.3 is 14.9 Å². The minimum atomic E-state index is -3.76. The third kappa shape index (κ3) is 5.76. The van der Waals surface area contributed by atoms with Crippen molar-refractivity contribution in [3.05, 3.63) is 81.8 Å². The molecule has 2 heterocycles. The predicted octanol–water partition coefficient (Wildman–Crippen LogP) is 4.29. The fourth-order valence-electron chi connectivity index (χ4n) is 3.91. The molecule has 0 radical (unpaired) electrons. The van der Waals surface area contributed by atoms with Gasteiger partial charge in [-0.15, -0.1) is 11.3 Å². The SMILES string of the molecule is C/C(O)=C(/C(=N)c1c(F)cccc1Cl)C(=O)N1CCN(c2ccc(S(=O)(=O)Nc3nccs3)cc2)CC1. The summed E-state index contributed by atoms with van der Waals surface area (Å²) < 4.78 is 41.9. The monoisotopic (exact) mass is 563 g/mol. The van der Waals surface area contributed by atoms with E-state index in [4.69, 9.17) is 17.0 Å². The number of benzene rings is 2. The molecule has 3 aromatic rings. The van der Waals surface area contributed by atoms with Gasteiger partial charge in [-0.3, -0.25) is 14.9 Å². The topological polar surface area (TPSA) is 127 Å². The van der Waals surface area contributed by atoms with Crippen molar-refractivity contribution in [1.29, 1.82) is 5.41 Å². The third-order valence-electron chi connectivity index (χ3n) is 5.77. The zero-order valence-electron chi connectivity index (χ0n) is 19.6. The van der Waals surface area contributed by atoms with Crippen molar-refractivity contribution in [2.24, 2.45) is 0 Å². The maximum Gasteiger partial charge on any atom is 0.263 e. The highest BCUT2D eigenvalue weighted by molar-refractivity contribution is 7.93. The molecule has 2 aromatic carbocycles. The highest BCUT2D eigenvalue weighted by atomic mass is 35.5. The van der Waals surface area contributed by atoms with Crippen LogP contribution in [0, 0.1) is 11.2 Å². The van der Waals surface area contributed by atoms with Crippen LogP contribution in [0.15, 0.2) is 70.3 Å². The predicted molar refractivity (Wildman–Crippen MR) is 142 cm³/mol. The molecule has 0 bridgehead atoms. The zero-order valence-corrected chi connectivity index (χ0v) is 22.0. The first-order chi connectivity index (χ1) is 17.6. The molecule has 13 heteroatoms. The molecule has 0 spiro atoms. The minimum absolute atomic E-state index is 0.0336. The summed E-state index contributed by atoms with van der Waals surface area (Å²) in [7, 11) is -3.76. The number of hydrogen-bond donors (Lipinski definition) is 3. The van der Waals surface area contributed by atoms with E-state index in [1.54, 1.807) is 17.5 Å². The smallest absolute Gasteiger partial charge is 0.263 e. The Morgan fingerprint density at radius 3 is 2.41 bits per heavy atom. The number of aromatic nitrogens is 1. The number of anilines is 2. The van der Waals surface area contributed by atoms with Gasteiger partial charge in [0.05, 0.1) is 21.2 Å². The van der Waals surface area contributed by atoms with E-state index >= 15 is 0 Å². The third-order valence-corrected chi connectivity index (χ3v) is 8.26. The molecule has 0 saturated carbocycles. The van der Waals surface area contributed by atoms with Crippen LogP contribution in [0.2, 0.25) is 5.02 Å². The second kappa shape index (κ2) is 10.9. The largest absolute Gasteiger partial charge is 0.512 e. The van der Waals surface area contributed by atoms with Crippen LogP contribution in [0.1, 0.15) is 12.5 Å². The molecule has 1 aliphatic rings. The fourth-order valence-corrected chi connectivity index (χ4v) is 5.96. The van der Waals surface area contributed by atoms with E-state index in [0.717, 1.165) is 11.8 Å². The molecule has 1 saturated heterocycles. The summed E-state index contributed by atoms with van der Waals surface area (Å²) in [6, 6.07) is 10.3. The number of aliphatic hydroxyl groups excluding tert-OH is 1. The lowest BCUT2D eigenvalue weighted by molar-refractivity contribution is -0.127. The van der Waals surface area contributed by atoms with Gasteiger partial charge in [-0.05, 0) is 43.3 Å². The summed E-state index contributed by atoms with van der Waals surface area (Å²) in [5.74, 6) is -1.76. The highest BCUT2D eigenvalue weighted by Crippen LogP contribution is 2.26. The maximum absolute atomic E-state index is 14.4. The van der Waals surface area contributed by atoms with E-state index in [1.807, 2.05) is 4.90 Å². The fraction of sp³-hybridized carbons (Fsp3) is 0.208. The molecule has 1 aromatic heterocycles. The number of piperazine rings is 1. The van der Waals surface area contributed by atoms with Crippen LogP contribution in [0.3, 0.4) is 0 Å². The number of nitrogens with zero attached hydrogens (tertiary/aromatic N) is 3. The number of nitrogens with one attached hydrogen (secondary N) is 2. The van der Waals surface area contributed by atoms with Gasteiger partial charge in [-0.25, -0.2) is 17.8 Å². The number of aliphatic hydroxyl groups is 1. The van der Waals surface area contributed by atoms with Crippen LogP contribution in [-0.2, 0) is 14.8 Å². The molecule has 0 unspecified atom stereocenters.